The number of ether oxygens (including phenoxy) is 1. The van der Waals surface area contributed by atoms with Crippen LogP contribution in [0.4, 0.5) is 11.5 Å². The highest BCUT2D eigenvalue weighted by atomic mass is 16.5. The summed E-state index contributed by atoms with van der Waals surface area (Å²) in [4.78, 5) is 6.67. The molecule has 2 aliphatic rings. The number of hydrogen-bond acceptors (Lipinski definition) is 7. The second kappa shape index (κ2) is 9.02. The van der Waals surface area contributed by atoms with Gasteiger partial charge >= 0.3 is 0 Å². The molecular weight excluding hydrogens is 352 g/mol. The van der Waals surface area contributed by atoms with Gasteiger partial charge in [-0.2, -0.15) is 5.26 Å². The van der Waals surface area contributed by atoms with Crippen LogP contribution in [-0.4, -0.2) is 48.5 Å². The Hall–Kier alpha value is -2.66. The second-order valence-electron chi connectivity index (χ2n) is 7.20. The van der Waals surface area contributed by atoms with Crippen molar-refractivity contribution in [3.8, 4) is 11.8 Å². The maximum Gasteiger partial charge on any atom is 0.179 e. The Bertz CT molecular complexity index is 783. The summed E-state index contributed by atoms with van der Waals surface area (Å²) >= 11 is 0. The van der Waals surface area contributed by atoms with Crippen LogP contribution in [-0.2, 0) is 0 Å². The van der Waals surface area contributed by atoms with Crippen LogP contribution in [0.5, 0.6) is 5.75 Å². The molecule has 0 bridgehead atoms. The Morgan fingerprint density at radius 3 is 2.57 bits per heavy atom. The molecule has 3 heterocycles. The summed E-state index contributed by atoms with van der Waals surface area (Å²) in [7, 11) is 0. The average molecular weight is 378 g/mol. The highest BCUT2D eigenvalue weighted by molar-refractivity contribution is 5.56. The van der Waals surface area contributed by atoms with Crippen LogP contribution in [0, 0.1) is 17.2 Å². The van der Waals surface area contributed by atoms with E-state index in [4.69, 9.17) is 10.00 Å². The number of nitrogens with zero attached hydrogens (tertiary/aromatic N) is 3. The van der Waals surface area contributed by atoms with Crippen molar-refractivity contribution >= 4 is 11.5 Å². The number of nitriles is 1. The lowest BCUT2D eigenvalue weighted by Crippen LogP contribution is -2.66. The van der Waals surface area contributed by atoms with E-state index in [9.17, 15) is 0 Å². The molecule has 2 aliphatic heterocycles. The molecule has 2 atom stereocenters. The van der Waals surface area contributed by atoms with Gasteiger partial charge < -0.3 is 10.1 Å². The molecule has 2 unspecified atom stereocenters. The molecule has 2 fully saturated rings. The topological polar surface area (TPSA) is 85.2 Å². The van der Waals surface area contributed by atoms with Gasteiger partial charge in [-0.25, -0.2) is 4.98 Å². The second-order valence-corrected chi connectivity index (χ2v) is 7.20. The molecule has 3 N–H and O–H groups in total. The number of pyridine rings is 1. The average Bonchev–Trinajstić information content (AvgIpc) is 2.76. The number of piperazine rings is 1. The predicted molar refractivity (Wildman–Crippen MR) is 108 cm³/mol. The first-order valence-corrected chi connectivity index (χ1v) is 9.87. The lowest BCUT2D eigenvalue weighted by Gasteiger charge is -2.42. The van der Waals surface area contributed by atoms with Gasteiger partial charge in [-0.15, -0.1) is 0 Å². The third kappa shape index (κ3) is 4.60. The minimum atomic E-state index is -0.123. The zero-order valence-electron chi connectivity index (χ0n) is 15.8. The molecule has 1 aromatic carbocycles. The highest BCUT2D eigenvalue weighted by Gasteiger charge is 2.33. The molecule has 0 aliphatic carbocycles. The van der Waals surface area contributed by atoms with E-state index in [2.05, 4.69) is 31.9 Å². The number of piperidine rings is 1. The van der Waals surface area contributed by atoms with Crippen LogP contribution in [0.15, 0.2) is 48.7 Å². The first-order valence-electron chi connectivity index (χ1n) is 9.87. The van der Waals surface area contributed by atoms with Crippen molar-refractivity contribution in [2.75, 3.05) is 31.5 Å². The van der Waals surface area contributed by atoms with E-state index in [0.29, 0.717) is 0 Å². The fourth-order valence-corrected chi connectivity index (χ4v) is 3.73. The van der Waals surface area contributed by atoms with E-state index in [1.165, 1.54) is 0 Å². The Kier molecular flexibility index (Phi) is 6.02. The van der Waals surface area contributed by atoms with Crippen LogP contribution in [0.2, 0.25) is 0 Å². The van der Waals surface area contributed by atoms with Crippen molar-refractivity contribution in [3.63, 3.8) is 0 Å². The van der Waals surface area contributed by atoms with Crippen molar-refractivity contribution in [2.24, 2.45) is 5.92 Å². The van der Waals surface area contributed by atoms with Gasteiger partial charge in [-0.05, 0) is 49.2 Å². The summed E-state index contributed by atoms with van der Waals surface area (Å²) in [6.45, 7) is 3.62. The van der Waals surface area contributed by atoms with E-state index < -0.39 is 0 Å². The highest BCUT2D eigenvalue weighted by Crippen LogP contribution is 2.23. The van der Waals surface area contributed by atoms with Crippen LogP contribution >= 0.6 is 0 Å². The van der Waals surface area contributed by atoms with Gasteiger partial charge in [0.15, 0.2) is 6.23 Å². The SMILES string of the molecule is N#CC1CCN(C2NCCNC2Oc2ccc(Nc3ccccn3)cc2)CC1. The molecule has 28 heavy (non-hydrogen) atoms. The molecule has 7 heteroatoms. The van der Waals surface area contributed by atoms with Crippen molar-refractivity contribution < 1.29 is 4.74 Å². The monoisotopic (exact) mass is 378 g/mol. The lowest BCUT2D eigenvalue weighted by atomic mass is 9.98. The smallest absolute Gasteiger partial charge is 0.179 e. The quantitative estimate of drug-likeness (QED) is 0.736. The standard InChI is InChI=1S/C21H26N6O/c22-15-16-8-13-27(14-9-16)20-21(25-12-11-24-20)28-18-6-4-17(5-7-18)26-19-3-1-2-10-23-19/h1-7,10,16,20-21,24-25H,8-9,11-14H2,(H,23,26). The normalized spacial score (nSPS) is 23.7. The van der Waals surface area contributed by atoms with E-state index in [1.807, 2.05) is 42.5 Å². The van der Waals surface area contributed by atoms with E-state index in [1.54, 1.807) is 6.20 Å². The van der Waals surface area contributed by atoms with Gasteiger partial charge in [0.1, 0.15) is 17.7 Å². The Morgan fingerprint density at radius 1 is 1.07 bits per heavy atom. The fourth-order valence-electron chi connectivity index (χ4n) is 3.73. The molecule has 1 aromatic heterocycles. The van der Waals surface area contributed by atoms with Crippen molar-refractivity contribution in [3.05, 3.63) is 48.7 Å². The van der Waals surface area contributed by atoms with Crippen molar-refractivity contribution in [1.29, 1.82) is 5.26 Å². The van der Waals surface area contributed by atoms with Gasteiger partial charge in [-0.1, -0.05) is 6.07 Å². The van der Waals surface area contributed by atoms with Crippen molar-refractivity contribution in [2.45, 2.75) is 25.2 Å². The zero-order chi connectivity index (χ0) is 19.2. The summed E-state index contributed by atoms with van der Waals surface area (Å²) < 4.78 is 6.26. The number of likely N-dealkylation sites (tertiary alicyclic amines) is 1. The molecule has 0 radical (unpaired) electrons. The van der Waals surface area contributed by atoms with Gasteiger partial charge in [0.2, 0.25) is 0 Å². The number of hydrogen-bond donors (Lipinski definition) is 3. The summed E-state index contributed by atoms with van der Waals surface area (Å²) in [5.74, 6) is 1.83. The van der Waals surface area contributed by atoms with Crippen LogP contribution in [0.25, 0.3) is 0 Å². The molecule has 2 aromatic rings. The molecule has 0 spiro atoms. The predicted octanol–water partition coefficient (Wildman–Crippen LogP) is 2.28. The minimum absolute atomic E-state index is 0.111. The molecule has 7 nitrogen and oxygen atoms in total. The van der Waals surface area contributed by atoms with Gasteiger partial charge in [0.05, 0.1) is 6.07 Å². The molecule has 0 saturated carbocycles. The number of anilines is 2. The van der Waals surface area contributed by atoms with E-state index in [-0.39, 0.29) is 18.3 Å². The Balaban J connectivity index is 1.37. The third-order valence-corrected chi connectivity index (χ3v) is 5.27. The molecular formula is C21H26N6O. The minimum Gasteiger partial charge on any atom is -0.472 e. The fraction of sp³-hybridized carbons (Fsp3) is 0.429. The molecule has 0 amide bonds. The van der Waals surface area contributed by atoms with E-state index in [0.717, 1.165) is 56.3 Å². The number of benzene rings is 1. The summed E-state index contributed by atoms with van der Waals surface area (Å²) in [6, 6.07) is 16.1. The van der Waals surface area contributed by atoms with Crippen LogP contribution < -0.4 is 20.7 Å². The maximum atomic E-state index is 9.12. The molecule has 4 rings (SSSR count). The largest absolute Gasteiger partial charge is 0.472 e. The summed E-state index contributed by atoms with van der Waals surface area (Å²) in [5.41, 5.74) is 0.968. The first-order chi connectivity index (χ1) is 13.8. The number of aromatic nitrogens is 1. The van der Waals surface area contributed by atoms with Gasteiger partial charge in [0.25, 0.3) is 0 Å². The molecule has 146 valence electrons. The maximum absolute atomic E-state index is 9.12. The lowest BCUT2D eigenvalue weighted by molar-refractivity contribution is -0.00280. The Labute approximate surface area is 165 Å². The Morgan fingerprint density at radius 2 is 1.86 bits per heavy atom. The van der Waals surface area contributed by atoms with Gasteiger partial charge in [0, 0.05) is 44.0 Å². The number of rotatable bonds is 5. The van der Waals surface area contributed by atoms with Crippen LogP contribution in [0.1, 0.15) is 12.8 Å². The zero-order valence-corrected chi connectivity index (χ0v) is 15.8. The van der Waals surface area contributed by atoms with Crippen molar-refractivity contribution in [1.82, 2.24) is 20.5 Å². The summed E-state index contributed by atoms with van der Waals surface area (Å²) in [5, 5.41) is 19.4. The van der Waals surface area contributed by atoms with Crippen LogP contribution in [0.3, 0.4) is 0 Å². The van der Waals surface area contributed by atoms with Gasteiger partial charge in [-0.3, -0.25) is 15.5 Å². The van der Waals surface area contributed by atoms with E-state index >= 15 is 0 Å². The summed E-state index contributed by atoms with van der Waals surface area (Å²) in [6.07, 6.45) is 3.60. The third-order valence-electron chi connectivity index (χ3n) is 5.27. The first kappa shape index (κ1) is 18.7. The molecule has 2 saturated heterocycles. The number of nitrogens with one attached hydrogen (secondary N) is 3.